The number of nitrogens with zero attached hydrogens (tertiary/aromatic N) is 2. The zero-order valence-corrected chi connectivity index (χ0v) is 10.2. The summed E-state index contributed by atoms with van der Waals surface area (Å²) in [5, 5.41) is 3.28. The van der Waals surface area contributed by atoms with Crippen LogP contribution in [0.15, 0.2) is 0 Å². The minimum absolute atomic E-state index is 0.264. The summed E-state index contributed by atoms with van der Waals surface area (Å²) < 4.78 is 0. The van der Waals surface area contributed by atoms with Gasteiger partial charge in [-0.25, -0.2) is 4.79 Å². The van der Waals surface area contributed by atoms with Crippen molar-refractivity contribution in [1.82, 2.24) is 15.1 Å². The van der Waals surface area contributed by atoms with E-state index in [1.165, 1.54) is 19.3 Å². The summed E-state index contributed by atoms with van der Waals surface area (Å²) in [6.45, 7) is 7.77. The van der Waals surface area contributed by atoms with E-state index in [9.17, 15) is 4.79 Å². The number of amides is 2. The molecule has 2 aliphatic rings. The molecule has 4 nitrogen and oxygen atoms in total. The molecule has 2 saturated heterocycles. The predicted octanol–water partition coefficient (Wildman–Crippen LogP) is 1.13. The average Bonchev–Trinajstić information content (AvgIpc) is 2.39. The number of likely N-dealkylation sites (tertiary alicyclic amines) is 1. The van der Waals surface area contributed by atoms with Crippen molar-refractivity contribution < 1.29 is 4.79 Å². The second-order valence-electron chi connectivity index (χ2n) is 4.88. The molecule has 0 spiro atoms. The molecular weight excluding hydrogens is 202 g/mol. The number of hydrogen-bond acceptors (Lipinski definition) is 2. The van der Waals surface area contributed by atoms with Gasteiger partial charge in [-0.05, 0) is 18.8 Å². The molecule has 0 aliphatic carbocycles. The average molecular weight is 225 g/mol. The number of urea groups is 1. The van der Waals surface area contributed by atoms with E-state index in [0.29, 0.717) is 0 Å². The quantitative estimate of drug-likeness (QED) is 0.726. The maximum absolute atomic E-state index is 12.2. The second-order valence-corrected chi connectivity index (χ2v) is 4.88. The molecule has 1 unspecified atom stereocenters. The predicted molar refractivity (Wildman–Crippen MR) is 64.4 cm³/mol. The Kier molecular flexibility index (Phi) is 4.04. The fourth-order valence-corrected chi connectivity index (χ4v) is 2.63. The van der Waals surface area contributed by atoms with E-state index in [4.69, 9.17) is 0 Å². The summed E-state index contributed by atoms with van der Waals surface area (Å²) in [4.78, 5) is 16.3. The number of nitrogens with one attached hydrogen (secondary N) is 1. The highest BCUT2D eigenvalue weighted by Crippen LogP contribution is 2.20. The molecule has 16 heavy (non-hydrogen) atoms. The Morgan fingerprint density at radius 1 is 1.25 bits per heavy atom. The molecule has 0 saturated carbocycles. The Balaban J connectivity index is 1.87. The van der Waals surface area contributed by atoms with Crippen molar-refractivity contribution in [2.45, 2.75) is 26.2 Å². The smallest absolute Gasteiger partial charge is 0.320 e. The number of carbonyl (C=O) groups excluding carboxylic acids is 1. The van der Waals surface area contributed by atoms with Crippen LogP contribution in [0.2, 0.25) is 0 Å². The molecule has 92 valence electrons. The van der Waals surface area contributed by atoms with E-state index < -0.39 is 0 Å². The maximum atomic E-state index is 12.2. The Bertz CT molecular complexity index is 238. The topological polar surface area (TPSA) is 35.6 Å². The Labute approximate surface area is 98.0 Å². The van der Waals surface area contributed by atoms with Crippen molar-refractivity contribution in [2.75, 3.05) is 39.3 Å². The van der Waals surface area contributed by atoms with E-state index in [1.807, 2.05) is 4.90 Å². The highest BCUT2D eigenvalue weighted by Gasteiger charge is 2.26. The molecule has 2 amide bonds. The van der Waals surface area contributed by atoms with Gasteiger partial charge in [-0.3, -0.25) is 0 Å². The van der Waals surface area contributed by atoms with Crippen molar-refractivity contribution >= 4 is 6.03 Å². The molecule has 0 radical (unpaired) electrons. The Morgan fingerprint density at radius 2 is 2.00 bits per heavy atom. The largest absolute Gasteiger partial charge is 0.324 e. The van der Waals surface area contributed by atoms with Crippen LogP contribution in [0.4, 0.5) is 4.79 Å². The van der Waals surface area contributed by atoms with Crippen molar-refractivity contribution in [2.24, 2.45) is 5.92 Å². The molecule has 0 aromatic rings. The normalized spacial score (nSPS) is 26.9. The van der Waals surface area contributed by atoms with E-state index in [2.05, 4.69) is 17.1 Å². The lowest BCUT2D eigenvalue weighted by Crippen LogP contribution is -2.53. The molecule has 1 atom stereocenters. The van der Waals surface area contributed by atoms with Crippen LogP contribution in [0.1, 0.15) is 26.2 Å². The molecule has 2 heterocycles. The fraction of sp³-hybridized carbons (Fsp3) is 0.917. The molecule has 1 N–H and O–H groups in total. The minimum Gasteiger partial charge on any atom is -0.324 e. The summed E-state index contributed by atoms with van der Waals surface area (Å²) in [6, 6.07) is 0.264. The third kappa shape index (κ3) is 2.67. The standard InChI is InChI=1S/C12H23N3O/c1-2-11-4-3-7-15(10-11)12(16)14-8-5-13-6-9-14/h11,13H,2-10H2,1H3. The van der Waals surface area contributed by atoms with Gasteiger partial charge in [0.1, 0.15) is 0 Å². The van der Waals surface area contributed by atoms with Gasteiger partial charge in [0.15, 0.2) is 0 Å². The van der Waals surface area contributed by atoms with Gasteiger partial charge in [-0.1, -0.05) is 13.3 Å². The van der Waals surface area contributed by atoms with E-state index in [-0.39, 0.29) is 6.03 Å². The lowest BCUT2D eigenvalue weighted by Gasteiger charge is -2.37. The summed E-state index contributed by atoms with van der Waals surface area (Å²) in [5.74, 6) is 0.723. The van der Waals surface area contributed by atoms with Gasteiger partial charge in [-0.2, -0.15) is 0 Å². The fourth-order valence-electron chi connectivity index (χ4n) is 2.63. The molecule has 0 aromatic carbocycles. The van der Waals surface area contributed by atoms with E-state index >= 15 is 0 Å². The first-order valence-corrected chi connectivity index (χ1v) is 6.56. The van der Waals surface area contributed by atoms with Crippen molar-refractivity contribution in [3.8, 4) is 0 Å². The number of piperidine rings is 1. The van der Waals surface area contributed by atoms with E-state index in [1.54, 1.807) is 0 Å². The number of rotatable bonds is 1. The van der Waals surface area contributed by atoms with Gasteiger partial charge in [0.05, 0.1) is 0 Å². The van der Waals surface area contributed by atoms with Crippen LogP contribution in [-0.2, 0) is 0 Å². The molecule has 2 fully saturated rings. The molecule has 4 heteroatoms. The molecule has 2 aliphatic heterocycles. The summed E-state index contributed by atoms with van der Waals surface area (Å²) in [6.07, 6.45) is 3.67. The van der Waals surface area contributed by atoms with Gasteiger partial charge in [0, 0.05) is 39.3 Å². The van der Waals surface area contributed by atoms with Crippen LogP contribution >= 0.6 is 0 Å². The van der Waals surface area contributed by atoms with Crippen molar-refractivity contribution in [1.29, 1.82) is 0 Å². The molecule has 0 aromatic heterocycles. The number of piperazine rings is 1. The SMILES string of the molecule is CCC1CCCN(C(=O)N2CCNCC2)C1. The first kappa shape index (κ1) is 11.7. The minimum atomic E-state index is 0.264. The third-order valence-electron chi connectivity index (χ3n) is 3.75. The van der Waals surface area contributed by atoms with Crippen molar-refractivity contribution in [3.63, 3.8) is 0 Å². The van der Waals surface area contributed by atoms with E-state index in [0.717, 1.165) is 45.2 Å². The number of carbonyl (C=O) groups is 1. The third-order valence-corrected chi connectivity index (χ3v) is 3.75. The summed E-state index contributed by atoms with van der Waals surface area (Å²) in [7, 11) is 0. The molecule has 2 rings (SSSR count). The second kappa shape index (κ2) is 5.53. The van der Waals surface area contributed by atoms with Crippen LogP contribution in [0, 0.1) is 5.92 Å². The van der Waals surface area contributed by atoms with Crippen LogP contribution in [-0.4, -0.2) is 55.1 Å². The van der Waals surface area contributed by atoms with Crippen LogP contribution in [0.25, 0.3) is 0 Å². The summed E-state index contributed by atoms with van der Waals surface area (Å²) >= 11 is 0. The lowest BCUT2D eigenvalue weighted by atomic mass is 9.96. The monoisotopic (exact) mass is 225 g/mol. The van der Waals surface area contributed by atoms with Gasteiger partial charge >= 0.3 is 6.03 Å². The van der Waals surface area contributed by atoms with Gasteiger partial charge < -0.3 is 15.1 Å². The highest BCUT2D eigenvalue weighted by molar-refractivity contribution is 5.74. The van der Waals surface area contributed by atoms with Crippen LogP contribution in [0.5, 0.6) is 0 Å². The Hall–Kier alpha value is -0.770. The zero-order chi connectivity index (χ0) is 11.4. The highest BCUT2D eigenvalue weighted by atomic mass is 16.2. The van der Waals surface area contributed by atoms with Gasteiger partial charge in [-0.15, -0.1) is 0 Å². The first-order valence-electron chi connectivity index (χ1n) is 6.56. The zero-order valence-electron chi connectivity index (χ0n) is 10.2. The summed E-state index contributed by atoms with van der Waals surface area (Å²) in [5.41, 5.74) is 0. The molecule has 0 bridgehead atoms. The van der Waals surface area contributed by atoms with Crippen LogP contribution in [0.3, 0.4) is 0 Å². The molecular formula is C12H23N3O. The van der Waals surface area contributed by atoms with Gasteiger partial charge in [0.25, 0.3) is 0 Å². The lowest BCUT2D eigenvalue weighted by molar-refractivity contribution is 0.122. The first-order chi connectivity index (χ1) is 7.81. The van der Waals surface area contributed by atoms with Gasteiger partial charge in [0.2, 0.25) is 0 Å². The van der Waals surface area contributed by atoms with Crippen LogP contribution < -0.4 is 5.32 Å². The number of hydrogen-bond donors (Lipinski definition) is 1. The Morgan fingerprint density at radius 3 is 2.69 bits per heavy atom. The van der Waals surface area contributed by atoms with Crippen molar-refractivity contribution in [3.05, 3.63) is 0 Å². The maximum Gasteiger partial charge on any atom is 0.320 e.